The molecule has 0 aromatic heterocycles. The molecule has 2 aliphatic rings. The summed E-state index contributed by atoms with van der Waals surface area (Å²) in [4.78, 5) is 0. The van der Waals surface area contributed by atoms with Gasteiger partial charge in [-0.15, -0.1) is 0 Å². The molecule has 0 N–H and O–H groups in total. The van der Waals surface area contributed by atoms with Gasteiger partial charge in [-0.1, -0.05) is 51.9 Å². The van der Waals surface area contributed by atoms with E-state index in [9.17, 15) is 0 Å². The summed E-state index contributed by atoms with van der Waals surface area (Å²) in [7, 11) is 5.88. The van der Waals surface area contributed by atoms with Gasteiger partial charge in [-0.25, -0.2) is 0 Å². The Morgan fingerprint density at radius 1 is 1.27 bits per heavy atom. The van der Waals surface area contributed by atoms with E-state index in [1.54, 1.807) is 0 Å². The third-order valence-electron chi connectivity index (χ3n) is 3.24. The lowest BCUT2D eigenvalue weighted by Crippen LogP contribution is -2.26. The Balaban J connectivity index is 1.88. The molecule has 1 aromatic rings. The smallest absolute Gasteiger partial charge is 0.0893 e. The van der Waals surface area contributed by atoms with Crippen LogP contribution in [0, 0.1) is 0 Å². The van der Waals surface area contributed by atoms with Crippen LogP contribution in [0.2, 0.25) is 0 Å². The first kappa shape index (κ1) is 10.1. The average molecular weight is 238 g/mol. The first-order valence-corrected chi connectivity index (χ1v) is 7.49. The number of hydrogen-bond acceptors (Lipinski definition) is 3. The highest BCUT2D eigenvalue weighted by Gasteiger charge is 2.58. The highest BCUT2D eigenvalue weighted by atomic mass is 33.1. The van der Waals surface area contributed by atoms with Gasteiger partial charge in [-0.2, -0.15) is 0 Å². The fourth-order valence-electron chi connectivity index (χ4n) is 2.22. The Morgan fingerprint density at radius 3 is 2.60 bits per heavy atom. The Morgan fingerprint density at radius 2 is 2.00 bits per heavy atom. The molecule has 3 rings (SSSR count). The highest BCUT2D eigenvalue weighted by Crippen LogP contribution is 2.69. The summed E-state index contributed by atoms with van der Waals surface area (Å²) >= 11 is 0. The molecule has 2 unspecified atom stereocenters. The summed E-state index contributed by atoms with van der Waals surface area (Å²) < 4.78 is 6.16. The summed E-state index contributed by atoms with van der Waals surface area (Å²) in [5.74, 6) is 0. The zero-order valence-corrected chi connectivity index (χ0v) is 10.3. The third-order valence-corrected chi connectivity index (χ3v) is 6.94. The fourth-order valence-corrected chi connectivity index (χ4v) is 6.25. The van der Waals surface area contributed by atoms with Crippen LogP contribution in [0.1, 0.15) is 23.7 Å². The maximum Gasteiger partial charge on any atom is 0.0893 e. The molecule has 1 heterocycles. The molecule has 0 radical (unpaired) electrons. The molecule has 0 bridgehead atoms. The molecule has 0 amide bonds. The van der Waals surface area contributed by atoms with E-state index in [0.29, 0.717) is 16.1 Å². The molecule has 1 saturated carbocycles. The van der Waals surface area contributed by atoms with Gasteiger partial charge in [0.1, 0.15) is 0 Å². The molecule has 1 spiro atoms. The molecular formula is C12H14OS2. The Bertz CT molecular complexity index is 348. The van der Waals surface area contributed by atoms with Crippen LogP contribution in [-0.4, -0.2) is 18.0 Å². The number of methoxy groups -OCH3 is 1. The van der Waals surface area contributed by atoms with Crippen molar-refractivity contribution in [2.75, 3.05) is 7.11 Å². The summed E-state index contributed by atoms with van der Waals surface area (Å²) in [5, 5.41) is 0.517. The molecular weight excluding hydrogens is 224 g/mol. The van der Waals surface area contributed by atoms with Crippen molar-refractivity contribution in [2.45, 2.75) is 28.9 Å². The van der Waals surface area contributed by atoms with Crippen molar-refractivity contribution in [1.82, 2.24) is 0 Å². The zero-order valence-electron chi connectivity index (χ0n) is 8.68. The number of ether oxygens (including phenoxy) is 1. The second-order valence-corrected chi connectivity index (χ2v) is 6.99. The van der Waals surface area contributed by atoms with E-state index in [-0.39, 0.29) is 0 Å². The van der Waals surface area contributed by atoms with Crippen LogP contribution in [0.3, 0.4) is 0 Å². The molecule has 1 aliphatic carbocycles. The summed E-state index contributed by atoms with van der Waals surface area (Å²) in [6.07, 6.45) is 3.05. The predicted molar refractivity (Wildman–Crippen MR) is 67.1 cm³/mol. The number of hydrogen-bond donors (Lipinski definition) is 0. The molecule has 80 valence electrons. The average Bonchev–Trinajstić information content (AvgIpc) is 2.95. The second-order valence-electron chi connectivity index (χ2n) is 4.23. The molecule has 2 fully saturated rings. The van der Waals surface area contributed by atoms with Crippen molar-refractivity contribution in [3.63, 3.8) is 0 Å². The summed E-state index contributed by atoms with van der Waals surface area (Å²) in [6, 6.07) is 10.7. The number of rotatable bonds is 2. The Hall–Kier alpha value is -0.120. The first-order chi connectivity index (χ1) is 7.36. The van der Waals surface area contributed by atoms with Crippen LogP contribution in [-0.2, 0) is 4.74 Å². The maximum absolute atomic E-state index is 5.71. The zero-order chi connectivity index (χ0) is 10.3. The van der Waals surface area contributed by atoms with E-state index in [1.807, 2.05) is 28.7 Å². The van der Waals surface area contributed by atoms with Gasteiger partial charge in [-0.3, -0.25) is 0 Å². The molecule has 15 heavy (non-hydrogen) atoms. The van der Waals surface area contributed by atoms with Gasteiger partial charge < -0.3 is 4.74 Å². The second kappa shape index (κ2) is 3.72. The minimum atomic E-state index is 0.398. The van der Waals surface area contributed by atoms with Crippen LogP contribution >= 0.6 is 21.6 Å². The lowest BCUT2D eigenvalue weighted by Gasteiger charge is -2.21. The highest BCUT2D eigenvalue weighted by molar-refractivity contribution is 8.77. The van der Waals surface area contributed by atoms with E-state index in [1.165, 1.54) is 18.4 Å². The van der Waals surface area contributed by atoms with Crippen molar-refractivity contribution in [3.8, 4) is 0 Å². The van der Waals surface area contributed by atoms with Crippen LogP contribution < -0.4 is 0 Å². The maximum atomic E-state index is 5.71. The van der Waals surface area contributed by atoms with Crippen molar-refractivity contribution in [3.05, 3.63) is 35.9 Å². The minimum Gasteiger partial charge on any atom is -0.378 e. The third kappa shape index (κ3) is 1.61. The monoisotopic (exact) mass is 238 g/mol. The fraction of sp³-hybridized carbons (Fsp3) is 0.500. The lowest BCUT2D eigenvalue weighted by atomic mass is 10.0. The van der Waals surface area contributed by atoms with Gasteiger partial charge in [0.15, 0.2) is 0 Å². The van der Waals surface area contributed by atoms with Gasteiger partial charge in [0.2, 0.25) is 0 Å². The van der Waals surface area contributed by atoms with Gasteiger partial charge >= 0.3 is 0 Å². The Labute approximate surface area is 98.4 Å². The largest absolute Gasteiger partial charge is 0.378 e. The van der Waals surface area contributed by atoms with Crippen molar-refractivity contribution < 1.29 is 4.74 Å². The van der Waals surface area contributed by atoms with E-state index < -0.39 is 0 Å². The van der Waals surface area contributed by atoms with Crippen LogP contribution in [0.4, 0.5) is 0 Å². The molecule has 1 aliphatic heterocycles. The molecule has 1 saturated heterocycles. The van der Waals surface area contributed by atoms with Crippen molar-refractivity contribution in [2.24, 2.45) is 0 Å². The normalized spacial score (nSPS) is 32.1. The quantitative estimate of drug-likeness (QED) is 0.728. The molecule has 3 heteroatoms. The summed E-state index contributed by atoms with van der Waals surface area (Å²) in [5.41, 5.74) is 1.41. The van der Waals surface area contributed by atoms with Crippen LogP contribution in [0.5, 0.6) is 0 Å². The van der Waals surface area contributed by atoms with Crippen LogP contribution in [0.25, 0.3) is 0 Å². The number of benzene rings is 1. The van der Waals surface area contributed by atoms with E-state index in [4.69, 9.17) is 4.74 Å². The SMILES string of the molecule is COC1C(c2ccccc2)SSC12CC2. The minimum absolute atomic E-state index is 0.398. The van der Waals surface area contributed by atoms with E-state index >= 15 is 0 Å². The van der Waals surface area contributed by atoms with Crippen molar-refractivity contribution in [1.29, 1.82) is 0 Å². The summed E-state index contributed by atoms with van der Waals surface area (Å²) in [6.45, 7) is 0. The standard InChI is InChI=1S/C12H14OS2/c1-13-11-10(9-5-3-2-4-6-9)14-15-12(11)7-8-12/h2-6,10-11H,7-8H2,1H3. The van der Waals surface area contributed by atoms with Gasteiger partial charge in [0.05, 0.1) is 16.1 Å². The van der Waals surface area contributed by atoms with Gasteiger partial charge in [-0.05, 0) is 18.4 Å². The van der Waals surface area contributed by atoms with E-state index in [0.717, 1.165) is 0 Å². The molecule has 1 aromatic carbocycles. The van der Waals surface area contributed by atoms with E-state index in [2.05, 4.69) is 30.3 Å². The van der Waals surface area contributed by atoms with Gasteiger partial charge in [0, 0.05) is 7.11 Å². The Kier molecular flexibility index (Phi) is 2.49. The van der Waals surface area contributed by atoms with Crippen LogP contribution in [0.15, 0.2) is 30.3 Å². The predicted octanol–water partition coefficient (Wildman–Crippen LogP) is 3.67. The first-order valence-electron chi connectivity index (χ1n) is 5.28. The molecule has 1 nitrogen and oxygen atoms in total. The topological polar surface area (TPSA) is 9.23 Å². The van der Waals surface area contributed by atoms with Gasteiger partial charge in [0.25, 0.3) is 0 Å². The van der Waals surface area contributed by atoms with Crippen molar-refractivity contribution >= 4 is 21.6 Å². The molecule has 2 atom stereocenters. The lowest BCUT2D eigenvalue weighted by molar-refractivity contribution is 0.0951.